The number of aryl methyl sites for hydroxylation is 1. The molecule has 104 valence electrons. The summed E-state index contributed by atoms with van der Waals surface area (Å²) in [6, 6.07) is 3.18. The first-order valence-corrected chi connectivity index (χ1v) is 6.13. The predicted molar refractivity (Wildman–Crippen MR) is 70.7 cm³/mol. The van der Waals surface area contributed by atoms with Crippen molar-refractivity contribution in [2.24, 2.45) is 5.11 Å². The zero-order valence-corrected chi connectivity index (χ0v) is 10.8. The van der Waals surface area contributed by atoms with Gasteiger partial charge in [0.05, 0.1) is 12.9 Å². The van der Waals surface area contributed by atoms with Crippen molar-refractivity contribution in [1.29, 1.82) is 0 Å². The van der Waals surface area contributed by atoms with E-state index in [1.54, 1.807) is 24.7 Å². The summed E-state index contributed by atoms with van der Waals surface area (Å²) in [5.74, 6) is 0.407. The molecule has 20 heavy (non-hydrogen) atoms. The number of azide groups is 1. The number of rotatable bonds is 7. The van der Waals surface area contributed by atoms with Gasteiger partial charge in [0.2, 0.25) is 0 Å². The van der Waals surface area contributed by atoms with Gasteiger partial charge >= 0.3 is 0 Å². The number of imidazole rings is 1. The molecule has 0 fully saturated rings. The molecule has 0 aliphatic carbocycles. The second kappa shape index (κ2) is 7.01. The van der Waals surface area contributed by atoms with Gasteiger partial charge in [-0.3, -0.25) is 4.79 Å². The SMILES string of the molecule is [N-]=[N+]=NCc1ccc(C(=O)NCCCn2ccnc2)o1. The van der Waals surface area contributed by atoms with E-state index in [0.29, 0.717) is 12.3 Å². The number of amides is 1. The minimum absolute atomic E-state index is 0.102. The summed E-state index contributed by atoms with van der Waals surface area (Å²) in [7, 11) is 0. The van der Waals surface area contributed by atoms with Crippen molar-refractivity contribution in [1.82, 2.24) is 14.9 Å². The average molecular weight is 274 g/mol. The Balaban J connectivity index is 1.74. The van der Waals surface area contributed by atoms with E-state index in [1.165, 1.54) is 0 Å². The van der Waals surface area contributed by atoms with E-state index in [0.717, 1.165) is 13.0 Å². The fraction of sp³-hybridized carbons (Fsp3) is 0.333. The number of carbonyl (C=O) groups excluding carboxylic acids is 1. The lowest BCUT2D eigenvalue weighted by atomic mass is 10.3. The topological polar surface area (TPSA) is 109 Å². The quantitative estimate of drug-likeness (QED) is 0.361. The number of nitrogens with one attached hydrogen (secondary N) is 1. The summed E-state index contributed by atoms with van der Waals surface area (Å²) in [6.07, 6.45) is 6.12. The third-order valence-corrected chi connectivity index (χ3v) is 2.61. The van der Waals surface area contributed by atoms with Crippen LogP contribution in [-0.2, 0) is 13.1 Å². The molecule has 2 aromatic rings. The Bertz CT molecular complexity index is 597. The third-order valence-electron chi connectivity index (χ3n) is 2.61. The van der Waals surface area contributed by atoms with Crippen molar-refractivity contribution in [3.8, 4) is 0 Å². The smallest absolute Gasteiger partial charge is 0.286 e. The predicted octanol–water partition coefficient (Wildman–Crippen LogP) is 2.11. The summed E-state index contributed by atoms with van der Waals surface area (Å²) >= 11 is 0. The summed E-state index contributed by atoms with van der Waals surface area (Å²) < 4.78 is 7.20. The largest absolute Gasteiger partial charge is 0.456 e. The van der Waals surface area contributed by atoms with Gasteiger partial charge < -0.3 is 14.3 Å². The zero-order chi connectivity index (χ0) is 14.2. The molecule has 2 heterocycles. The van der Waals surface area contributed by atoms with Crippen molar-refractivity contribution in [3.05, 3.63) is 52.8 Å². The van der Waals surface area contributed by atoms with Crippen LogP contribution in [0.3, 0.4) is 0 Å². The molecule has 0 atom stereocenters. The summed E-state index contributed by atoms with van der Waals surface area (Å²) in [6.45, 7) is 1.44. The molecule has 8 heteroatoms. The van der Waals surface area contributed by atoms with Gasteiger partial charge in [0, 0.05) is 30.4 Å². The van der Waals surface area contributed by atoms with Gasteiger partial charge in [0.1, 0.15) is 5.76 Å². The van der Waals surface area contributed by atoms with Gasteiger partial charge in [-0.2, -0.15) is 0 Å². The summed E-state index contributed by atoms with van der Waals surface area (Å²) in [4.78, 5) is 18.3. The highest BCUT2D eigenvalue weighted by atomic mass is 16.4. The highest BCUT2D eigenvalue weighted by Crippen LogP contribution is 2.09. The average Bonchev–Trinajstić information content (AvgIpc) is 3.12. The molecule has 0 radical (unpaired) electrons. The number of furan rings is 1. The van der Waals surface area contributed by atoms with Crippen molar-refractivity contribution in [2.75, 3.05) is 6.54 Å². The molecular formula is C12H14N6O2. The van der Waals surface area contributed by atoms with E-state index in [1.807, 2.05) is 10.8 Å². The molecule has 0 aliphatic rings. The second-order valence-electron chi connectivity index (χ2n) is 4.06. The van der Waals surface area contributed by atoms with Crippen LogP contribution in [0, 0.1) is 0 Å². The molecule has 2 aromatic heterocycles. The first kappa shape index (κ1) is 13.7. The van der Waals surface area contributed by atoms with Crippen LogP contribution in [0.2, 0.25) is 0 Å². The van der Waals surface area contributed by atoms with E-state index in [-0.39, 0.29) is 18.2 Å². The van der Waals surface area contributed by atoms with Gasteiger partial charge in [-0.15, -0.1) is 0 Å². The maximum Gasteiger partial charge on any atom is 0.286 e. The molecule has 0 aliphatic heterocycles. The molecular weight excluding hydrogens is 260 g/mol. The Labute approximate surface area is 115 Å². The van der Waals surface area contributed by atoms with Gasteiger partial charge in [-0.25, -0.2) is 4.98 Å². The molecule has 0 aromatic carbocycles. The monoisotopic (exact) mass is 274 g/mol. The molecule has 8 nitrogen and oxygen atoms in total. The minimum Gasteiger partial charge on any atom is -0.456 e. The Morgan fingerprint density at radius 3 is 3.20 bits per heavy atom. The van der Waals surface area contributed by atoms with Gasteiger partial charge in [0.15, 0.2) is 5.76 Å². The van der Waals surface area contributed by atoms with Crippen molar-refractivity contribution in [2.45, 2.75) is 19.5 Å². The number of aromatic nitrogens is 2. The summed E-state index contributed by atoms with van der Waals surface area (Å²) in [5.41, 5.74) is 8.20. The lowest BCUT2D eigenvalue weighted by molar-refractivity contribution is 0.0923. The van der Waals surface area contributed by atoms with Gasteiger partial charge in [-0.05, 0) is 24.1 Å². The van der Waals surface area contributed by atoms with E-state index in [2.05, 4.69) is 20.3 Å². The lowest BCUT2D eigenvalue weighted by Gasteiger charge is -2.03. The molecule has 0 unspecified atom stereocenters. The standard InChI is InChI=1S/C12H14N6O2/c13-17-16-8-10-2-3-11(20-10)12(19)15-4-1-6-18-7-5-14-9-18/h2-3,5,7,9H,1,4,6,8H2,(H,15,19). The fourth-order valence-electron chi connectivity index (χ4n) is 1.66. The van der Waals surface area contributed by atoms with Crippen molar-refractivity contribution < 1.29 is 9.21 Å². The number of nitrogens with zero attached hydrogens (tertiary/aromatic N) is 5. The maximum absolute atomic E-state index is 11.8. The van der Waals surface area contributed by atoms with Crippen LogP contribution < -0.4 is 5.32 Å². The molecule has 0 spiro atoms. The Hall–Kier alpha value is -2.73. The number of hydrogen-bond acceptors (Lipinski definition) is 4. The minimum atomic E-state index is -0.275. The van der Waals surface area contributed by atoms with Crippen LogP contribution in [0.4, 0.5) is 0 Å². The number of carbonyl (C=O) groups is 1. The van der Waals surface area contributed by atoms with Gasteiger partial charge in [-0.1, -0.05) is 5.11 Å². The highest BCUT2D eigenvalue weighted by molar-refractivity contribution is 5.91. The van der Waals surface area contributed by atoms with Crippen molar-refractivity contribution in [3.63, 3.8) is 0 Å². The van der Waals surface area contributed by atoms with Crippen molar-refractivity contribution >= 4 is 5.91 Å². The second-order valence-corrected chi connectivity index (χ2v) is 4.06. The van der Waals surface area contributed by atoms with Crippen LogP contribution in [0.5, 0.6) is 0 Å². The molecule has 1 N–H and O–H groups in total. The van der Waals surface area contributed by atoms with E-state index in [9.17, 15) is 4.79 Å². The zero-order valence-electron chi connectivity index (χ0n) is 10.8. The Morgan fingerprint density at radius 2 is 2.45 bits per heavy atom. The first-order chi connectivity index (χ1) is 9.79. The van der Waals surface area contributed by atoms with E-state index < -0.39 is 0 Å². The normalized spacial score (nSPS) is 10.0. The van der Waals surface area contributed by atoms with Crippen LogP contribution in [0.25, 0.3) is 10.4 Å². The lowest BCUT2D eigenvalue weighted by Crippen LogP contribution is -2.24. The number of hydrogen-bond donors (Lipinski definition) is 1. The Kier molecular flexibility index (Phi) is 4.80. The molecule has 1 amide bonds. The molecule has 2 rings (SSSR count). The van der Waals surface area contributed by atoms with E-state index in [4.69, 9.17) is 9.95 Å². The van der Waals surface area contributed by atoms with Crippen LogP contribution in [-0.4, -0.2) is 22.0 Å². The fourth-order valence-corrected chi connectivity index (χ4v) is 1.66. The highest BCUT2D eigenvalue weighted by Gasteiger charge is 2.09. The molecule has 0 saturated heterocycles. The molecule has 0 bridgehead atoms. The Morgan fingerprint density at radius 1 is 1.55 bits per heavy atom. The third kappa shape index (κ3) is 3.89. The summed E-state index contributed by atoms with van der Waals surface area (Å²) in [5, 5.41) is 6.13. The van der Waals surface area contributed by atoms with E-state index >= 15 is 0 Å². The van der Waals surface area contributed by atoms with Gasteiger partial charge in [0.25, 0.3) is 5.91 Å². The van der Waals surface area contributed by atoms with Crippen LogP contribution in [0.1, 0.15) is 22.7 Å². The van der Waals surface area contributed by atoms with Crippen LogP contribution in [0.15, 0.2) is 40.4 Å². The molecule has 0 saturated carbocycles. The maximum atomic E-state index is 11.8. The van der Waals surface area contributed by atoms with Crippen LogP contribution >= 0.6 is 0 Å². The first-order valence-electron chi connectivity index (χ1n) is 6.13.